The van der Waals surface area contributed by atoms with Gasteiger partial charge in [0.2, 0.25) is 11.8 Å². The number of aromatic nitrogens is 5. The molecule has 1 fully saturated rings. The molecule has 11 nitrogen and oxygen atoms in total. The zero-order valence-electron chi connectivity index (χ0n) is 19.8. The topological polar surface area (TPSA) is 128 Å². The molecule has 0 radical (unpaired) electrons. The maximum Gasteiger partial charge on any atom is 0.222 e. The van der Waals surface area contributed by atoms with Crippen molar-refractivity contribution in [3.8, 4) is 23.1 Å². The Morgan fingerprint density at radius 1 is 1.17 bits per heavy atom. The fourth-order valence-electron chi connectivity index (χ4n) is 4.27. The first-order chi connectivity index (χ1) is 17.0. The summed E-state index contributed by atoms with van der Waals surface area (Å²) in [5, 5.41) is 7.53. The standard InChI is InChI=1S/C24H28N8O3/c1-3-32-19-14-20(26-15-18(19)27-24(32)22-23(25)29-35-28-22)34-17-6-4-5-16(13-17)7-8-21(33)31-11-9-30(2)10-12-31/h4-6,13-15H,3,7-12H2,1-2H3,(H2,25,29). The van der Waals surface area contributed by atoms with E-state index in [1.165, 1.54) is 0 Å². The molecule has 1 aromatic carbocycles. The van der Waals surface area contributed by atoms with Gasteiger partial charge in [0.25, 0.3) is 0 Å². The summed E-state index contributed by atoms with van der Waals surface area (Å²) in [4.78, 5) is 25.8. The Labute approximate surface area is 202 Å². The van der Waals surface area contributed by atoms with Crippen LogP contribution in [0.3, 0.4) is 0 Å². The van der Waals surface area contributed by atoms with Crippen molar-refractivity contribution in [1.29, 1.82) is 0 Å². The zero-order valence-corrected chi connectivity index (χ0v) is 19.8. The number of nitrogens with two attached hydrogens (primary N) is 1. The molecule has 0 saturated carbocycles. The predicted molar refractivity (Wildman–Crippen MR) is 130 cm³/mol. The van der Waals surface area contributed by atoms with Gasteiger partial charge in [0.15, 0.2) is 17.3 Å². The molecule has 0 aliphatic carbocycles. The number of likely N-dealkylation sites (N-methyl/N-ethyl adjacent to an activating group) is 1. The Bertz CT molecular complexity index is 1340. The Balaban J connectivity index is 1.30. The summed E-state index contributed by atoms with van der Waals surface area (Å²) in [6, 6.07) is 9.60. The van der Waals surface area contributed by atoms with Crippen molar-refractivity contribution in [2.75, 3.05) is 39.0 Å². The first-order valence-electron chi connectivity index (χ1n) is 11.7. The molecule has 4 aromatic rings. The van der Waals surface area contributed by atoms with Crippen molar-refractivity contribution < 1.29 is 14.2 Å². The second kappa shape index (κ2) is 9.71. The molecule has 35 heavy (non-hydrogen) atoms. The number of piperazine rings is 1. The van der Waals surface area contributed by atoms with Gasteiger partial charge in [-0.15, -0.1) is 0 Å². The summed E-state index contributed by atoms with van der Waals surface area (Å²) in [6.45, 7) is 6.08. The highest BCUT2D eigenvalue weighted by Gasteiger charge is 2.20. The van der Waals surface area contributed by atoms with E-state index in [1.807, 2.05) is 46.7 Å². The average Bonchev–Trinajstić information content (AvgIpc) is 3.45. The third-order valence-electron chi connectivity index (χ3n) is 6.26. The van der Waals surface area contributed by atoms with Gasteiger partial charge in [-0.25, -0.2) is 14.6 Å². The largest absolute Gasteiger partial charge is 0.439 e. The van der Waals surface area contributed by atoms with Gasteiger partial charge < -0.3 is 24.8 Å². The van der Waals surface area contributed by atoms with Crippen molar-refractivity contribution in [3.05, 3.63) is 42.1 Å². The van der Waals surface area contributed by atoms with Crippen LogP contribution in [0.4, 0.5) is 5.82 Å². The number of carbonyl (C=O) groups is 1. The monoisotopic (exact) mass is 476 g/mol. The lowest BCUT2D eigenvalue weighted by molar-refractivity contribution is -0.132. The number of ether oxygens (including phenoxy) is 1. The van der Waals surface area contributed by atoms with Crippen LogP contribution in [0.15, 0.2) is 41.2 Å². The molecule has 1 aliphatic heterocycles. The van der Waals surface area contributed by atoms with E-state index in [1.54, 1.807) is 6.20 Å². The second-order valence-corrected chi connectivity index (χ2v) is 8.62. The van der Waals surface area contributed by atoms with Crippen LogP contribution in [0.2, 0.25) is 0 Å². The fourth-order valence-corrected chi connectivity index (χ4v) is 4.27. The molecule has 0 unspecified atom stereocenters. The quantitative estimate of drug-likeness (QED) is 0.428. The lowest BCUT2D eigenvalue weighted by Crippen LogP contribution is -2.47. The molecule has 5 rings (SSSR count). The van der Waals surface area contributed by atoms with Gasteiger partial charge in [-0.1, -0.05) is 12.1 Å². The van der Waals surface area contributed by atoms with Crippen LogP contribution in [0.1, 0.15) is 18.9 Å². The van der Waals surface area contributed by atoms with E-state index in [0.717, 1.165) is 37.3 Å². The van der Waals surface area contributed by atoms with Crippen LogP contribution in [-0.4, -0.2) is 73.8 Å². The number of imidazole rings is 1. The molecule has 11 heteroatoms. The summed E-state index contributed by atoms with van der Waals surface area (Å²) in [6.07, 6.45) is 2.80. The molecule has 3 aromatic heterocycles. The van der Waals surface area contributed by atoms with Gasteiger partial charge in [-0.3, -0.25) is 4.79 Å². The Hall–Kier alpha value is -3.99. The number of nitrogens with zero attached hydrogens (tertiary/aromatic N) is 7. The number of hydrogen-bond acceptors (Lipinski definition) is 9. The maximum atomic E-state index is 12.6. The van der Waals surface area contributed by atoms with Gasteiger partial charge in [-0.2, -0.15) is 0 Å². The molecule has 0 spiro atoms. The van der Waals surface area contributed by atoms with Gasteiger partial charge in [0.05, 0.1) is 11.7 Å². The minimum atomic E-state index is 0.183. The van der Waals surface area contributed by atoms with Crippen molar-refractivity contribution in [1.82, 2.24) is 34.6 Å². The number of carbonyl (C=O) groups excluding carboxylic acids is 1. The highest BCUT2D eigenvalue weighted by atomic mass is 16.6. The number of pyridine rings is 1. The molecule has 4 heterocycles. The molecule has 1 aliphatic rings. The summed E-state index contributed by atoms with van der Waals surface area (Å²) in [5.74, 6) is 2.04. The maximum absolute atomic E-state index is 12.6. The summed E-state index contributed by atoms with van der Waals surface area (Å²) >= 11 is 0. The molecule has 182 valence electrons. The van der Waals surface area contributed by atoms with Gasteiger partial charge in [0, 0.05) is 45.2 Å². The molecular formula is C24H28N8O3. The van der Waals surface area contributed by atoms with Gasteiger partial charge in [-0.05, 0) is 48.4 Å². The van der Waals surface area contributed by atoms with Crippen molar-refractivity contribution in [3.63, 3.8) is 0 Å². The number of anilines is 1. The number of benzene rings is 1. The predicted octanol–water partition coefficient (Wildman–Crippen LogP) is 2.58. The lowest BCUT2D eigenvalue weighted by Gasteiger charge is -2.32. The minimum Gasteiger partial charge on any atom is -0.439 e. The van der Waals surface area contributed by atoms with Gasteiger partial charge in [0.1, 0.15) is 11.3 Å². The van der Waals surface area contributed by atoms with E-state index in [9.17, 15) is 4.79 Å². The lowest BCUT2D eigenvalue weighted by atomic mass is 10.1. The van der Waals surface area contributed by atoms with Gasteiger partial charge >= 0.3 is 0 Å². The number of amides is 1. The minimum absolute atomic E-state index is 0.183. The van der Waals surface area contributed by atoms with Crippen molar-refractivity contribution >= 4 is 22.8 Å². The SMILES string of the molecule is CCn1c(-c2nonc2N)nc2cnc(Oc3cccc(CCC(=O)N4CCN(C)CC4)c3)cc21. The third kappa shape index (κ3) is 4.80. The summed E-state index contributed by atoms with van der Waals surface area (Å²) in [7, 11) is 2.08. The number of rotatable bonds is 7. The smallest absolute Gasteiger partial charge is 0.222 e. The highest BCUT2D eigenvalue weighted by Crippen LogP contribution is 2.29. The number of nitrogen functional groups attached to an aromatic ring is 1. The zero-order chi connectivity index (χ0) is 24.4. The fraction of sp³-hybridized carbons (Fsp3) is 0.375. The first-order valence-corrected chi connectivity index (χ1v) is 11.7. The number of hydrogen-bond donors (Lipinski definition) is 1. The summed E-state index contributed by atoms with van der Waals surface area (Å²) in [5.41, 5.74) is 8.83. The molecular weight excluding hydrogens is 448 g/mol. The van der Waals surface area contributed by atoms with Crippen molar-refractivity contribution in [2.45, 2.75) is 26.3 Å². The van der Waals surface area contributed by atoms with Crippen LogP contribution in [0, 0.1) is 0 Å². The van der Waals surface area contributed by atoms with E-state index in [4.69, 9.17) is 15.1 Å². The number of aryl methyl sites for hydroxylation is 2. The van der Waals surface area contributed by atoms with E-state index < -0.39 is 0 Å². The Morgan fingerprint density at radius 3 is 2.74 bits per heavy atom. The molecule has 1 amide bonds. The van der Waals surface area contributed by atoms with E-state index in [-0.39, 0.29) is 11.7 Å². The van der Waals surface area contributed by atoms with Crippen LogP contribution < -0.4 is 10.5 Å². The Kier molecular flexibility index (Phi) is 6.32. The molecule has 1 saturated heterocycles. The van der Waals surface area contributed by atoms with Crippen LogP contribution in [0.5, 0.6) is 11.6 Å². The third-order valence-corrected chi connectivity index (χ3v) is 6.26. The van der Waals surface area contributed by atoms with E-state index >= 15 is 0 Å². The highest BCUT2D eigenvalue weighted by molar-refractivity contribution is 5.81. The van der Waals surface area contributed by atoms with Crippen LogP contribution in [-0.2, 0) is 17.8 Å². The molecule has 0 atom stereocenters. The Morgan fingerprint density at radius 2 is 2.00 bits per heavy atom. The first kappa shape index (κ1) is 22.8. The van der Waals surface area contributed by atoms with E-state index in [2.05, 4.69) is 32.2 Å². The van der Waals surface area contributed by atoms with Crippen LogP contribution >= 0.6 is 0 Å². The van der Waals surface area contributed by atoms with Crippen molar-refractivity contribution in [2.24, 2.45) is 0 Å². The normalized spacial score (nSPS) is 14.5. The van der Waals surface area contributed by atoms with Crippen LogP contribution in [0.25, 0.3) is 22.6 Å². The molecule has 0 bridgehead atoms. The van der Waals surface area contributed by atoms with E-state index in [0.29, 0.717) is 48.1 Å². The average molecular weight is 477 g/mol. The second-order valence-electron chi connectivity index (χ2n) is 8.62. The molecule has 2 N–H and O–H groups in total. The summed E-state index contributed by atoms with van der Waals surface area (Å²) < 4.78 is 12.8. The number of fused-ring (bicyclic) bond motifs is 1.